The predicted molar refractivity (Wildman–Crippen MR) is 106 cm³/mol. The van der Waals surface area contributed by atoms with E-state index in [-0.39, 0.29) is 36.8 Å². The maximum atomic E-state index is 12.4. The summed E-state index contributed by atoms with van der Waals surface area (Å²) in [5.41, 5.74) is 11.1. The zero-order valence-electron chi connectivity index (χ0n) is 15.2. The summed E-state index contributed by atoms with van der Waals surface area (Å²) in [5.74, 6) is -0.488. The number of carbonyl (C=O) groups is 2. The number of rotatable bonds is 6. The third kappa shape index (κ3) is 3.81. The van der Waals surface area contributed by atoms with Gasteiger partial charge in [-0.05, 0) is 48.1 Å². The van der Waals surface area contributed by atoms with Gasteiger partial charge in [0.15, 0.2) is 0 Å². The molecule has 0 radical (unpaired) electrons. The van der Waals surface area contributed by atoms with Crippen LogP contribution in [0.2, 0.25) is 0 Å². The summed E-state index contributed by atoms with van der Waals surface area (Å²) < 4.78 is 0. The van der Waals surface area contributed by atoms with Crippen LogP contribution in [0.5, 0.6) is 0 Å². The molecule has 2 N–H and O–H groups in total. The lowest BCUT2D eigenvalue weighted by molar-refractivity contribution is 0.0644. The quantitative estimate of drug-likeness (QED) is 0.790. The van der Waals surface area contributed by atoms with Gasteiger partial charge in [-0.2, -0.15) is 0 Å². The zero-order valence-corrected chi connectivity index (χ0v) is 16.0. The van der Waals surface area contributed by atoms with E-state index in [2.05, 4.69) is 32.0 Å². The number of hydrogen-bond donors (Lipinski definition) is 1. The molecule has 1 aliphatic rings. The Morgan fingerprint density at radius 3 is 2.04 bits per heavy atom. The Bertz CT molecular complexity index is 784. The molecule has 0 saturated heterocycles. The Kier molecular flexibility index (Phi) is 6.57. The van der Waals surface area contributed by atoms with Crippen LogP contribution >= 0.6 is 12.4 Å². The summed E-state index contributed by atoms with van der Waals surface area (Å²) in [6.07, 6.45) is 2.65. The molecule has 0 saturated carbocycles. The molecule has 4 nitrogen and oxygen atoms in total. The highest BCUT2D eigenvalue weighted by Crippen LogP contribution is 2.23. The van der Waals surface area contributed by atoms with Gasteiger partial charge in [0, 0.05) is 12.6 Å². The van der Waals surface area contributed by atoms with Crippen LogP contribution in [0.3, 0.4) is 0 Å². The molecule has 5 heteroatoms. The standard InChI is InChI=1S/C21H24N2O2.ClH/c1-3-15-10-9-14(11-16(15)4-2)12-17(22)13-23-20(24)18-7-5-6-8-19(18)21(23)25;/h5-11,17H,3-4,12-13,22H2,1-2H3;1H. The Morgan fingerprint density at radius 1 is 0.923 bits per heavy atom. The van der Waals surface area contributed by atoms with Crippen molar-refractivity contribution >= 4 is 24.2 Å². The largest absolute Gasteiger partial charge is 0.326 e. The van der Waals surface area contributed by atoms with Gasteiger partial charge in [0.2, 0.25) is 0 Å². The van der Waals surface area contributed by atoms with E-state index in [1.807, 2.05) is 0 Å². The molecule has 1 heterocycles. The molecule has 0 bridgehead atoms. The predicted octanol–water partition coefficient (Wildman–Crippen LogP) is 3.40. The van der Waals surface area contributed by atoms with Crippen LogP contribution in [-0.4, -0.2) is 29.3 Å². The van der Waals surface area contributed by atoms with Gasteiger partial charge >= 0.3 is 0 Å². The van der Waals surface area contributed by atoms with Gasteiger partial charge in [0.25, 0.3) is 11.8 Å². The molecule has 2 amide bonds. The van der Waals surface area contributed by atoms with Gasteiger partial charge in [0.05, 0.1) is 11.1 Å². The average molecular weight is 373 g/mol. The molecule has 3 rings (SSSR count). The number of imide groups is 1. The molecule has 0 aromatic heterocycles. The van der Waals surface area contributed by atoms with Crippen LogP contribution in [0.4, 0.5) is 0 Å². The van der Waals surface area contributed by atoms with Crippen LogP contribution in [0, 0.1) is 0 Å². The fraction of sp³-hybridized carbons (Fsp3) is 0.333. The van der Waals surface area contributed by atoms with Gasteiger partial charge in [-0.15, -0.1) is 12.4 Å². The number of carbonyl (C=O) groups excluding carboxylic acids is 2. The summed E-state index contributed by atoms with van der Waals surface area (Å²) in [6, 6.07) is 13.1. The van der Waals surface area contributed by atoms with E-state index in [0.29, 0.717) is 17.5 Å². The maximum absolute atomic E-state index is 12.4. The number of amides is 2. The highest BCUT2D eigenvalue weighted by molar-refractivity contribution is 6.21. The molecule has 1 aliphatic heterocycles. The number of benzene rings is 2. The Labute approximate surface area is 160 Å². The third-order valence-electron chi connectivity index (χ3n) is 4.83. The molecule has 1 atom stereocenters. The molecule has 0 aliphatic carbocycles. The number of fused-ring (bicyclic) bond motifs is 1. The van der Waals surface area contributed by atoms with Gasteiger partial charge in [-0.3, -0.25) is 14.5 Å². The SMILES string of the molecule is CCc1ccc(CC(N)CN2C(=O)c3ccccc3C2=O)cc1CC.Cl. The van der Waals surface area contributed by atoms with E-state index in [1.54, 1.807) is 24.3 Å². The lowest BCUT2D eigenvalue weighted by Crippen LogP contribution is -2.41. The van der Waals surface area contributed by atoms with Crippen molar-refractivity contribution in [1.82, 2.24) is 4.90 Å². The average Bonchev–Trinajstić information content (AvgIpc) is 2.87. The number of hydrogen-bond acceptors (Lipinski definition) is 3. The van der Waals surface area contributed by atoms with Gasteiger partial charge in [0.1, 0.15) is 0 Å². The summed E-state index contributed by atoms with van der Waals surface area (Å²) in [6.45, 7) is 4.54. The monoisotopic (exact) mass is 372 g/mol. The number of nitrogens with two attached hydrogens (primary N) is 1. The molecule has 138 valence electrons. The minimum atomic E-state index is -0.278. The lowest BCUT2D eigenvalue weighted by Gasteiger charge is -2.20. The minimum absolute atomic E-state index is 0. The van der Waals surface area contributed by atoms with Crippen LogP contribution < -0.4 is 5.73 Å². The summed E-state index contributed by atoms with van der Waals surface area (Å²) >= 11 is 0. The second-order valence-electron chi connectivity index (χ2n) is 6.54. The zero-order chi connectivity index (χ0) is 18.0. The first kappa shape index (κ1) is 20.1. The highest BCUT2D eigenvalue weighted by atomic mass is 35.5. The molecule has 1 unspecified atom stereocenters. The molecule has 2 aromatic carbocycles. The van der Waals surface area contributed by atoms with Crippen molar-refractivity contribution in [1.29, 1.82) is 0 Å². The Balaban J connectivity index is 0.00000243. The molecule has 0 spiro atoms. The van der Waals surface area contributed by atoms with E-state index < -0.39 is 0 Å². The van der Waals surface area contributed by atoms with Crippen molar-refractivity contribution < 1.29 is 9.59 Å². The van der Waals surface area contributed by atoms with E-state index >= 15 is 0 Å². The van der Waals surface area contributed by atoms with E-state index in [1.165, 1.54) is 16.0 Å². The minimum Gasteiger partial charge on any atom is -0.326 e. The summed E-state index contributed by atoms with van der Waals surface area (Å²) in [4.78, 5) is 26.1. The van der Waals surface area contributed by atoms with Crippen LogP contribution in [0.15, 0.2) is 42.5 Å². The van der Waals surface area contributed by atoms with Crippen LogP contribution in [-0.2, 0) is 19.3 Å². The van der Waals surface area contributed by atoms with E-state index in [9.17, 15) is 9.59 Å². The number of halogens is 1. The maximum Gasteiger partial charge on any atom is 0.261 e. The van der Waals surface area contributed by atoms with Gasteiger partial charge in [-0.1, -0.05) is 44.2 Å². The first-order valence-electron chi connectivity index (χ1n) is 8.86. The van der Waals surface area contributed by atoms with Crippen molar-refractivity contribution in [2.45, 2.75) is 39.2 Å². The van der Waals surface area contributed by atoms with Gasteiger partial charge < -0.3 is 5.73 Å². The fourth-order valence-corrected chi connectivity index (χ4v) is 3.49. The smallest absolute Gasteiger partial charge is 0.261 e. The second-order valence-corrected chi connectivity index (χ2v) is 6.54. The number of nitrogens with zero attached hydrogens (tertiary/aromatic N) is 1. The normalized spacial score (nSPS) is 14.2. The first-order chi connectivity index (χ1) is 12.0. The third-order valence-corrected chi connectivity index (χ3v) is 4.83. The molecule has 0 fully saturated rings. The molecular weight excluding hydrogens is 348 g/mol. The first-order valence-corrected chi connectivity index (χ1v) is 8.86. The van der Waals surface area contributed by atoms with E-state index in [0.717, 1.165) is 18.4 Å². The molecular formula is C21H25ClN2O2. The Morgan fingerprint density at radius 2 is 1.50 bits per heavy atom. The second kappa shape index (κ2) is 8.47. The van der Waals surface area contributed by atoms with Crippen molar-refractivity contribution in [3.8, 4) is 0 Å². The van der Waals surface area contributed by atoms with Crippen molar-refractivity contribution in [2.75, 3.05) is 6.54 Å². The lowest BCUT2D eigenvalue weighted by atomic mass is 9.97. The number of aryl methyl sites for hydroxylation is 2. The molecule has 26 heavy (non-hydrogen) atoms. The van der Waals surface area contributed by atoms with Crippen LogP contribution in [0.25, 0.3) is 0 Å². The fourth-order valence-electron chi connectivity index (χ4n) is 3.49. The van der Waals surface area contributed by atoms with Crippen molar-refractivity contribution in [2.24, 2.45) is 5.73 Å². The van der Waals surface area contributed by atoms with Crippen LogP contribution in [0.1, 0.15) is 51.3 Å². The van der Waals surface area contributed by atoms with Crippen molar-refractivity contribution in [3.63, 3.8) is 0 Å². The Hall–Kier alpha value is -2.17. The summed E-state index contributed by atoms with van der Waals surface area (Å²) in [5, 5.41) is 0. The highest BCUT2D eigenvalue weighted by Gasteiger charge is 2.35. The summed E-state index contributed by atoms with van der Waals surface area (Å²) in [7, 11) is 0. The van der Waals surface area contributed by atoms with E-state index in [4.69, 9.17) is 5.73 Å². The van der Waals surface area contributed by atoms with Gasteiger partial charge in [-0.25, -0.2) is 0 Å². The topological polar surface area (TPSA) is 63.4 Å². The van der Waals surface area contributed by atoms with Crippen molar-refractivity contribution in [3.05, 3.63) is 70.3 Å². The molecule has 2 aromatic rings.